The molecule has 34 heavy (non-hydrogen) atoms. The molecule has 1 aliphatic heterocycles. The van der Waals surface area contributed by atoms with E-state index in [1.54, 1.807) is 15.9 Å². The molecule has 1 aromatic carbocycles. The first-order chi connectivity index (χ1) is 16.3. The summed E-state index contributed by atoms with van der Waals surface area (Å²) >= 11 is 7.56. The van der Waals surface area contributed by atoms with E-state index in [0.29, 0.717) is 41.1 Å². The zero-order chi connectivity index (χ0) is 24.1. The second-order valence-electron chi connectivity index (χ2n) is 9.36. The SMILES string of the molecule is O=C(O)C1C2CCC(CC2)C1C(=O)N1CCN(C(=O)c2sc3cc([N+](=O)[O-])ccc3c2Cl)CC1. The minimum absolute atomic E-state index is 0.0624. The third kappa shape index (κ3) is 3.82. The summed E-state index contributed by atoms with van der Waals surface area (Å²) in [7, 11) is 0. The number of hydrogen-bond donors (Lipinski definition) is 1. The van der Waals surface area contributed by atoms with Crippen LogP contribution in [0.5, 0.6) is 0 Å². The number of carbonyl (C=O) groups excluding carboxylic acids is 2. The lowest BCUT2D eigenvalue weighted by Crippen LogP contribution is -2.56. The maximum absolute atomic E-state index is 13.3. The van der Waals surface area contributed by atoms with Crippen LogP contribution in [-0.4, -0.2) is 63.8 Å². The molecule has 2 amide bonds. The van der Waals surface area contributed by atoms with Crippen molar-refractivity contribution in [1.82, 2.24) is 9.80 Å². The summed E-state index contributed by atoms with van der Waals surface area (Å²) in [6.07, 6.45) is 3.58. The van der Waals surface area contributed by atoms with E-state index in [0.717, 1.165) is 37.0 Å². The van der Waals surface area contributed by atoms with Crippen molar-refractivity contribution in [1.29, 1.82) is 0 Å². The Morgan fingerprint density at radius 2 is 1.59 bits per heavy atom. The van der Waals surface area contributed by atoms with Crippen molar-refractivity contribution >= 4 is 56.5 Å². The number of halogens is 1. The summed E-state index contributed by atoms with van der Waals surface area (Å²) in [6.45, 7) is 1.35. The van der Waals surface area contributed by atoms with E-state index in [4.69, 9.17) is 11.6 Å². The van der Waals surface area contributed by atoms with Gasteiger partial charge in [0, 0.05) is 48.4 Å². The molecule has 2 unspecified atom stereocenters. The summed E-state index contributed by atoms with van der Waals surface area (Å²) < 4.78 is 0.573. The summed E-state index contributed by atoms with van der Waals surface area (Å²) in [6, 6.07) is 4.33. The zero-order valence-electron chi connectivity index (χ0n) is 18.3. The molecule has 9 nitrogen and oxygen atoms in total. The van der Waals surface area contributed by atoms with Gasteiger partial charge in [-0.05, 0) is 43.6 Å². The Morgan fingerprint density at radius 3 is 2.18 bits per heavy atom. The predicted molar refractivity (Wildman–Crippen MR) is 126 cm³/mol. The molecule has 0 spiro atoms. The smallest absolute Gasteiger partial charge is 0.307 e. The number of nitrogens with zero attached hydrogens (tertiary/aromatic N) is 3. The molecule has 6 rings (SSSR count). The highest BCUT2D eigenvalue weighted by molar-refractivity contribution is 7.21. The normalized spacial score (nSPS) is 26.6. The number of thiophene rings is 1. The highest BCUT2D eigenvalue weighted by atomic mass is 35.5. The minimum atomic E-state index is -0.874. The average Bonchev–Trinajstić information content (AvgIpc) is 3.19. The standard InChI is InChI=1S/C23H24ClN3O6S/c24-19-15-6-5-14(27(32)33)11-16(15)34-20(19)22(29)26-9-7-25(8-10-26)21(28)17-12-1-3-13(4-2-12)18(17)23(30)31/h5-6,11-13,17-18H,1-4,7-10H2,(H,30,31). The molecule has 180 valence electrons. The third-order valence-corrected chi connectivity index (χ3v) is 9.33. The number of piperazine rings is 1. The average molecular weight is 506 g/mol. The zero-order valence-corrected chi connectivity index (χ0v) is 19.9. The second kappa shape index (κ2) is 8.81. The number of hydrogen-bond acceptors (Lipinski definition) is 6. The van der Waals surface area contributed by atoms with Crippen LogP contribution >= 0.6 is 22.9 Å². The Bertz CT molecular complexity index is 1180. The molecule has 2 heterocycles. The highest BCUT2D eigenvalue weighted by Crippen LogP contribution is 2.49. The molecule has 11 heteroatoms. The van der Waals surface area contributed by atoms with E-state index in [-0.39, 0.29) is 34.4 Å². The highest BCUT2D eigenvalue weighted by Gasteiger charge is 2.51. The number of nitro groups is 1. The quantitative estimate of drug-likeness (QED) is 0.497. The number of amides is 2. The van der Waals surface area contributed by atoms with Gasteiger partial charge < -0.3 is 14.9 Å². The maximum Gasteiger partial charge on any atom is 0.307 e. The van der Waals surface area contributed by atoms with E-state index >= 15 is 0 Å². The number of carboxylic acid groups (broad SMARTS) is 1. The van der Waals surface area contributed by atoms with E-state index in [1.807, 2.05) is 0 Å². The molecular formula is C23H24ClN3O6S. The van der Waals surface area contributed by atoms with Crippen LogP contribution in [0, 0.1) is 33.8 Å². The van der Waals surface area contributed by atoms with Crippen molar-refractivity contribution in [3.63, 3.8) is 0 Å². The monoisotopic (exact) mass is 505 g/mol. The number of benzene rings is 1. The summed E-state index contributed by atoms with van der Waals surface area (Å²) in [4.78, 5) is 52.7. The molecule has 4 aliphatic rings. The van der Waals surface area contributed by atoms with Crippen LogP contribution in [0.3, 0.4) is 0 Å². The topological polar surface area (TPSA) is 121 Å². The lowest BCUT2D eigenvalue weighted by atomic mass is 9.58. The maximum atomic E-state index is 13.3. The first-order valence-electron chi connectivity index (χ1n) is 11.4. The van der Waals surface area contributed by atoms with Crippen LogP contribution in [0.2, 0.25) is 5.02 Å². The van der Waals surface area contributed by atoms with Crippen LogP contribution in [0.15, 0.2) is 18.2 Å². The molecule has 1 aromatic heterocycles. The van der Waals surface area contributed by atoms with Crippen molar-refractivity contribution in [2.75, 3.05) is 26.2 Å². The summed E-state index contributed by atoms with van der Waals surface area (Å²) in [5.74, 6) is -2.12. The van der Waals surface area contributed by atoms with Crippen LogP contribution in [0.1, 0.15) is 35.4 Å². The molecular weight excluding hydrogens is 482 g/mol. The fourth-order valence-corrected chi connectivity index (χ4v) is 7.46. The van der Waals surface area contributed by atoms with Gasteiger partial charge in [0.25, 0.3) is 11.6 Å². The van der Waals surface area contributed by atoms with Gasteiger partial charge in [0.15, 0.2) is 0 Å². The minimum Gasteiger partial charge on any atom is -0.481 e. The molecule has 2 atom stereocenters. The van der Waals surface area contributed by atoms with Gasteiger partial charge in [-0.2, -0.15) is 0 Å². The Labute approximate surface area is 204 Å². The van der Waals surface area contributed by atoms with Crippen molar-refractivity contribution in [2.24, 2.45) is 23.7 Å². The summed E-state index contributed by atoms with van der Waals surface area (Å²) in [5, 5.41) is 21.7. The second-order valence-corrected chi connectivity index (χ2v) is 10.8. The lowest BCUT2D eigenvalue weighted by molar-refractivity contribution is -0.384. The van der Waals surface area contributed by atoms with Gasteiger partial charge in [0.2, 0.25) is 5.91 Å². The number of carbonyl (C=O) groups is 3. The predicted octanol–water partition coefficient (Wildman–Crippen LogP) is 3.88. The largest absolute Gasteiger partial charge is 0.481 e. The van der Waals surface area contributed by atoms with Gasteiger partial charge in [0.1, 0.15) is 4.88 Å². The molecule has 2 bridgehead atoms. The van der Waals surface area contributed by atoms with Gasteiger partial charge >= 0.3 is 5.97 Å². The number of fused-ring (bicyclic) bond motifs is 4. The van der Waals surface area contributed by atoms with Crippen molar-refractivity contribution in [2.45, 2.75) is 25.7 Å². The van der Waals surface area contributed by atoms with E-state index < -0.39 is 22.7 Å². The fraction of sp³-hybridized carbons (Fsp3) is 0.522. The van der Waals surface area contributed by atoms with Crippen LogP contribution in [-0.2, 0) is 9.59 Å². The molecule has 4 fully saturated rings. The lowest BCUT2D eigenvalue weighted by Gasteiger charge is -2.48. The molecule has 3 saturated carbocycles. The molecule has 1 saturated heterocycles. The molecule has 1 N–H and O–H groups in total. The van der Waals surface area contributed by atoms with Crippen LogP contribution < -0.4 is 0 Å². The number of carboxylic acids is 1. The molecule has 2 aromatic rings. The van der Waals surface area contributed by atoms with E-state index in [1.165, 1.54) is 12.1 Å². The van der Waals surface area contributed by atoms with Gasteiger partial charge in [0.05, 0.1) is 21.8 Å². The van der Waals surface area contributed by atoms with Gasteiger partial charge in [-0.1, -0.05) is 11.6 Å². The Balaban J connectivity index is 1.28. The molecule has 3 aliphatic carbocycles. The van der Waals surface area contributed by atoms with Gasteiger partial charge in [-0.3, -0.25) is 24.5 Å². The van der Waals surface area contributed by atoms with Crippen molar-refractivity contribution in [3.05, 3.63) is 38.2 Å². The van der Waals surface area contributed by atoms with E-state index in [9.17, 15) is 29.6 Å². The third-order valence-electron chi connectivity index (χ3n) is 7.69. The van der Waals surface area contributed by atoms with Crippen molar-refractivity contribution < 1.29 is 24.4 Å². The number of aliphatic carboxylic acids is 1. The summed E-state index contributed by atoms with van der Waals surface area (Å²) in [5.41, 5.74) is -0.0624. The number of rotatable bonds is 4. The Kier molecular flexibility index (Phi) is 5.97. The Morgan fingerprint density at radius 1 is 1.00 bits per heavy atom. The Hall–Kier alpha value is -2.72. The molecule has 0 radical (unpaired) electrons. The fourth-order valence-electron chi connectivity index (χ4n) is 5.95. The number of nitro benzene ring substituents is 1. The van der Waals surface area contributed by atoms with Crippen LogP contribution in [0.4, 0.5) is 5.69 Å². The first-order valence-corrected chi connectivity index (χ1v) is 12.6. The van der Waals surface area contributed by atoms with Gasteiger partial charge in [-0.25, -0.2) is 0 Å². The first kappa shape index (κ1) is 23.0. The van der Waals surface area contributed by atoms with E-state index in [2.05, 4.69) is 0 Å². The van der Waals surface area contributed by atoms with Crippen molar-refractivity contribution in [3.8, 4) is 0 Å². The van der Waals surface area contributed by atoms with Gasteiger partial charge in [-0.15, -0.1) is 11.3 Å². The number of non-ortho nitro benzene ring substituents is 1. The van der Waals surface area contributed by atoms with Crippen LogP contribution in [0.25, 0.3) is 10.1 Å².